The first-order chi connectivity index (χ1) is 8.45. The standard InChI is InChI=1S/C15H25ClN2/c1-11(2)8-12(3)18(5)14-7-6-13(10-17-4)15(16)9-14/h6-7,9,11-12,17H,8,10H2,1-5H3. The smallest absolute Gasteiger partial charge is 0.0471 e. The zero-order valence-electron chi connectivity index (χ0n) is 12.1. The molecule has 0 aliphatic heterocycles. The fraction of sp³-hybridized carbons (Fsp3) is 0.600. The number of halogens is 1. The lowest BCUT2D eigenvalue weighted by Crippen LogP contribution is -2.30. The van der Waals surface area contributed by atoms with E-state index in [0.717, 1.165) is 17.1 Å². The maximum Gasteiger partial charge on any atom is 0.0471 e. The molecule has 0 aliphatic rings. The van der Waals surface area contributed by atoms with Crippen molar-refractivity contribution in [3.63, 3.8) is 0 Å². The Morgan fingerprint density at radius 3 is 2.44 bits per heavy atom. The van der Waals surface area contributed by atoms with Crippen LogP contribution in [0.3, 0.4) is 0 Å². The third kappa shape index (κ3) is 4.18. The van der Waals surface area contributed by atoms with Crippen LogP contribution in [0.4, 0.5) is 5.69 Å². The molecule has 2 nitrogen and oxygen atoms in total. The van der Waals surface area contributed by atoms with Crippen LogP contribution in [-0.4, -0.2) is 20.1 Å². The Bertz CT molecular complexity index is 377. The van der Waals surface area contributed by atoms with Gasteiger partial charge in [-0.1, -0.05) is 31.5 Å². The van der Waals surface area contributed by atoms with Gasteiger partial charge in [0.1, 0.15) is 0 Å². The van der Waals surface area contributed by atoms with Crippen molar-refractivity contribution < 1.29 is 0 Å². The summed E-state index contributed by atoms with van der Waals surface area (Å²) in [4.78, 5) is 2.30. The number of hydrogen-bond acceptors (Lipinski definition) is 2. The molecule has 0 spiro atoms. The molecule has 0 bridgehead atoms. The summed E-state index contributed by atoms with van der Waals surface area (Å²) in [6.45, 7) is 7.58. The average molecular weight is 269 g/mol. The van der Waals surface area contributed by atoms with Gasteiger partial charge in [0.15, 0.2) is 0 Å². The van der Waals surface area contributed by atoms with Gasteiger partial charge in [0.25, 0.3) is 0 Å². The lowest BCUT2D eigenvalue weighted by molar-refractivity contribution is 0.504. The molecule has 0 saturated heterocycles. The Morgan fingerprint density at radius 1 is 1.28 bits per heavy atom. The quantitative estimate of drug-likeness (QED) is 0.841. The van der Waals surface area contributed by atoms with E-state index in [-0.39, 0.29) is 0 Å². The van der Waals surface area contributed by atoms with E-state index in [0.29, 0.717) is 12.0 Å². The number of rotatable bonds is 6. The predicted octanol–water partition coefficient (Wildman–Crippen LogP) is 3.93. The molecule has 0 aromatic heterocycles. The second-order valence-electron chi connectivity index (χ2n) is 5.40. The summed E-state index contributed by atoms with van der Waals surface area (Å²) in [6.07, 6.45) is 1.19. The van der Waals surface area contributed by atoms with E-state index in [1.807, 2.05) is 7.05 Å². The van der Waals surface area contributed by atoms with Gasteiger partial charge in [-0.2, -0.15) is 0 Å². The van der Waals surface area contributed by atoms with Gasteiger partial charge in [-0.15, -0.1) is 0 Å². The molecule has 102 valence electrons. The number of hydrogen-bond donors (Lipinski definition) is 1. The average Bonchev–Trinajstić information content (AvgIpc) is 2.30. The molecule has 0 aliphatic carbocycles. The molecule has 1 aromatic rings. The highest BCUT2D eigenvalue weighted by atomic mass is 35.5. The van der Waals surface area contributed by atoms with E-state index < -0.39 is 0 Å². The van der Waals surface area contributed by atoms with Crippen molar-refractivity contribution in [1.29, 1.82) is 0 Å². The SMILES string of the molecule is CNCc1ccc(N(C)C(C)CC(C)C)cc1Cl. The largest absolute Gasteiger partial charge is 0.372 e. The highest BCUT2D eigenvalue weighted by Gasteiger charge is 2.12. The van der Waals surface area contributed by atoms with E-state index in [9.17, 15) is 0 Å². The topological polar surface area (TPSA) is 15.3 Å². The predicted molar refractivity (Wildman–Crippen MR) is 81.5 cm³/mol. The first kappa shape index (κ1) is 15.3. The zero-order chi connectivity index (χ0) is 13.7. The van der Waals surface area contributed by atoms with Crippen molar-refractivity contribution in [2.75, 3.05) is 19.0 Å². The first-order valence-corrected chi connectivity index (χ1v) is 6.99. The van der Waals surface area contributed by atoms with Crippen LogP contribution in [0.2, 0.25) is 5.02 Å². The Labute approximate surface area is 116 Å². The minimum absolute atomic E-state index is 0.524. The van der Waals surface area contributed by atoms with Gasteiger partial charge in [0.2, 0.25) is 0 Å². The normalized spacial score (nSPS) is 12.8. The highest BCUT2D eigenvalue weighted by Crippen LogP contribution is 2.25. The summed E-state index contributed by atoms with van der Waals surface area (Å²) in [5.41, 5.74) is 2.33. The van der Waals surface area contributed by atoms with Crippen molar-refractivity contribution in [3.8, 4) is 0 Å². The summed E-state index contributed by atoms with van der Waals surface area (Å²) >= 11 is 6.30. The lowest BCUT2D eigenvalue weighted by atomic mass is 10.0. The molecule has 3 heteroatoms. The van der Waals surface area contributed by atoms with Crippen LogP contribution in [-0.2, 0) is 6.54 Å². The summed E-state index contributed by atoms with van der Waals surface area (Å²) in [5, 5.41) is 3.96. The van der Waals surface area contributed by atoms with Crippen LogP contribution in [0, 0.1) is 5.92 Å². The first-order valence-electron chi connectivity index (χ1n) is 6.61. The van der Waals surface area contributed by atoms with Crippen LogP contribution in [0.15, 0.2) is 18.2 Å². The monoisotopic (exact) mass is 268 g/mol. The fourth-order valence-corrected chi connectivity index (χ4v) is 2.43. The van der Waals surface area contributed by atoms with Gasteiger partial charge in [0, 0.05) is 30.3 Å². The van der Waals surface area contributed by atoms with Crippen LogP contribution >= 0.6 is 11.6 Å². The maximum atomic E-state index is 6.30. The molecule has 1 rings (SSSR count). The van der Waals surface area contributed by atoms with E-state index in [1.54, 1.807) is 0 Å². The second-order valence-corrected chi connectivity index (χ2v) is 5.80. The number of benzene rings is 1. The van der Waals surface area contributed by atoms with Crippen LogP contribution in [0.1, 0.15) is 32.8 Å². The lowest BCUT2D eigenvalue weighted by Gasteiger charge is -2.28. The fourth-order valence-electron chi connectivity index (χ4n) is 2.18. The molecular formula is C15H25ClN2. The second kappa shape index (κ2) is 7.01. The third-order valence-corrected chi connectivity index (χ3v) is 3.64. The molecule has 0 heterocycles. The van der Waals surface area contributed by atoms with E-state index in [4.69, 9.17) is 11.6 Å². The van der Waals surface area contributed by atoms with Gasteiger partial charge < -0.3 is 10.2 Å². The number of nitrogens with one attached hydrogen (secondary N) is 1. The number of nitrogens with zero attached hydrogens (tertiary/aromatic N) is 1. The molecule has 18 heavy (non-hydrogen) atoms. The van der Waals surface area contributed by atoms with Gasteiger partial charge in [-0.25, -0.2) is 0 Å². The van der Waals surface area contributed by atoms with Crippen molar-refractivity contribution in [1.82, 2.24) is 5.32 Å². The van der Waals surface area contributed by atoms with E-state index >= 15 is 0 Å². The van der Waals surface area contributed by atoms with Crippen molar-refractivity contribution in [2.24, 2.45) is 5.92 Å². The van der Waals surface area contributed by atoms with Crippen molar-refractivity contribution >= 4 is 17.3 Å². The van der Waals surface area contributed by atoms with Crippen molar-refractivity contribution in [2.45, 2.75) is 39.8 Å². The minimum atomic E-state index is 0.524. The third-order valence-electron chi connectivity index (χ3n) is 3.28. The maximum absolute atomic E-state index is 6.30. The summed E-state index contributed by atoms with van der Waals surface area (Å²) < 4.78 is 0. The molecule has 0 amide bonds. The Balaban J connectivity index is 2.80. The van der Waals surface area contributed by atoms with E-state index in [1.165, 1.54) is 12.1 Å². The zero-order valence-corrected chi connectivity index (χ0v) is 12.9. The molecule has 0 fully saturated rings. The van der Waals surface area contributed by atoms with Crippen molar-refractivity contribution in [3.05, 3.63) is 28.8 Å². The molecule has 1 aromatic carbocycles. The Morgan fingerprint density at radius 2 is 1.94 bits per heavy atom. The van der Waals surface area contributed by atoms with Crippen LogP contribution in [0.5, 0.6) is 0 Å². The van der Waals surface area contributed by atoms with Gasteiger partial charge >= 0.3 is 0 Å². The minimum Gasteiger partial charge on any atom is -0.372 e. The molecular weight excluding hydrogens is 244 g/mol. The van der Waals surface area contributed by atoms with Crippen LogP contribution in [0.25, 0.3) is 0 Å². The summed E-state index contributed by atoms with van der Waals surface area (Å²) in [7, 11) is 4.07. The van der Waals surface area contributed by atoms with Gasteiger partial charge in [-0.3, -0.25) is 0 Å². The summed E-state index contributed by atoms with van der Waals surface area (Å²) in [5.74, 6) is 0.710. The van der Waals surface area contributed by atoms with E-state index in [2.05, 4.69) is 56.2 Å². The molecule has 0 radical (unpaired) electrons. The van der Waals surface area contributed by atoms with Gasteiger partial charge in [-0.05, 0) is 44.0 Å². The highest BCUT2D eigenvalue weighted by molar-refractivity contribution is 6.31. The summed E-state index contributed by atoms with van der Waals surface area (Å²) in [6, 6.07) is 6.84. The molecule has 0 saturated carbocycles. The molecule has 1 atom stereocenters. The number of anilines is 1. The van der Waals surface area contributed by atoms with Crippen LogP contribution < -0.4 is 10.2 Å². The molecule has 1 N–H and O–H groups in total. The Hall–Kier alpha value is -0.730. The van der Waals surface area contributed by atoms with Gasteiger partial charge in [0.05, 0.1) is 0 Å². The Kier molecular flexibility index (Phi) is 5.97. The molecule has 1 unspecified atom stereocenters.